The molecular formula is C13H14FN3S. The summed E-state index contributed by atoms with van der Waals surface area (Å²) in [5.41, 5.74) is 0.470. The van der Waals surface area contributed by atoms with Gasteiger partial charge < -0.3 is 5.32 Å². The van der Waals surface area contributed by atoms with Crippen molar-refractivity contribution < 1.29 is 4.39 Å². The molecular weight excluding hydrogens is 249 g/mol. The minimum Gasteiger partial charge on any atom is -0.315 e. The lowest BCUT2D eigenvalue weighted by Gasteiger charge is -1.99. The minimum atomic E-state index is -0.491. The summed E-state index contributed by atoms with van der Waals surface area (Å²) in [7, 11) is 1.84. The third kappa shape index (κ3) is 3.62. The van der Waals surface area contributed by atoms with Gasteiger partial charge in [0.1, 0.15) is 10.8 Å². The van der Waals surface area contributed by atoms with Gasteiger partial charge in [-0.2, -0.15) is 5.26 Å². The zero-order chi connectivity index (χ0) is 13.5. The molecule has 0 spiro atoms. The number of nitrogens with one attached hydrogen (secondary N) is 1. The van der Waals surface area contributed by atoms with Gasteiger partial charge in [0.25, 0.3) is 0 Å². The summed E-state index contributed by atoms with van der Waals surface area (Å²) in [6, 6.07) is 1.79. The van der Waals surface area contributed by atoms with E-state index in [4.69, 9.17) is 5.26 Å². The van der Waals surface area contributed by atoms with E-state index in [1.807, 2.05) is 7.05 Å². The number of hydrogen-bond donors (Lipinski definition) is 1. The molecule has 5 heteroatoms. The van der Waals surface area contributed by atoms with Gasteiger partial charge in [0, 0.05) is 28.8 Å². The maximum Gasteiger partial charge on any atom is 0.134 e. The highest BCUT2D eigenvalue weighted by atomic mass is 32.1. The summed E-state index contributed by atoms with van der Waals surface area (Å²) in [5, 5.41) is 12.2. The Kier molecular flexibility index (Phi) is 5.43. The first-order valence-electron chi connectivity index (χ1n) is 5.35. The lowest BCUT2D eigenvalue weighted by molar-refractivity contribution is 0.673. The molecule has 0 amide bonds. The average molecular weight is 263 g/mol. The molecule has 0 aromatic carbocycles. The van der Waals surface area contributed by atoms with Gasteiger partial charge >= 0.3 is 0 Å². The lowest BCUT2D eigenvalue weighted by atomic mass is 10.2. The third-order valence-corrected chi connectivity index (χ3v) is 3.16. The van der Waals surface area contributed by atoms with E-state index in [2.05, 4.69) is 16.9 Å². The normalized spacial score (nSPS) is 12.3. The quantitative estimate of drug-likeness (QED) is 0.655. The Bertz CT molecular complexity index is 535. The molecule has 0 fully saturated rings. The number of allylic oxidation sites excluding steroid dienone is 5. The van der Waals surface area contributed by atoms with Crippen LogP contribution < -0.4 is 5.32 Å². The van der Waals surface area contributed by atoms with E-state index >= 15 is 0 Å². The van der Waals surface area contributed by atoms with Crippen molar-refractivity contribution in [2.24, 2.45) is 0 Å². The molecule has 0 bridgehead atoms. The first kappa shape index (κ1) is 14.3. The molecule has 1 N–H and O–H groups in total. The Balaban J connectivity index is 3.00. The van der Waals surface area contributed by atoms with Gasteiger partial charge in [-0.15, -0.1) is 11.3 Å². The smallest absolute Gasteiger partial charge is 0.134 e. The summed E-state index contributed by atoms with van der Waals surface area (Å²) in [6.45, 7) is 5.86. The van der Waals surface area contributed by atoms with Crippen LogP contribution in [0.3, 0.4) is 0 Å². The molecule has 18 heavy (non-hydrogen) atoms. The molecule has 94 valence electrons. The monoisotopic (exact) mass is 263 g/mol. The van der Waals surface area contributed by atoms with Crippen LogP contribution in [0.2, 0.25) is 0 Å². The van der Waals surface area contributed by atoms with Gasteiger partial charge in [0.15, 0.2) is 0 Å². The van der Waals surface area contributed by atoms with Crippen molar-refractivity contribution in [2.75, 3.05) is 7.05 Å². The van der Waals surface area contributed by atoms with Gasteiger partial charge in [-0.25, -0.2) is 9.37 Å². The fourth-order valence-corrected chi connectivity index (χ4v) is 2.32. The van der Waals surface area contributed by atoms with Crippen molar-refractivity contribution in [3.8, 4) is 6.07 Å². The van der Waals surface area contributed by atoms with Crippen LogP contribution in [0.25, 0.3) is 5.57 Å². The van der Waals surface area contributed by atoms with Crippen molar-refractivity contribution in [3.05, 3.63) is 46.2 Å². The fraction of sp³-hybridized carbons (Fsp3) is 0.231. The third-order valence-electron chi connectivity index (χ3n) is 2.13. The van der Waals surface area contributed by atoms with Crippen molar-refractivity contribution >= 4 is 16.9 Å². The molecule has 1 heterocycles. The van der Waals surface area contributed by atoms with Crippen LogP contribution in [0, 0.1) is 11.3 Å². The van der Waals surface area contributed by atoms with Gasteiger partial charge in [0.2, 0.25) is 0 Å². The van der Waals surface area contributed by atoms with Crippen LogP contribution in [-0.4, -0.2) is 12.0 Å². The molecule has 0 atom stereocenters. The average Bonchev–Trinajstić information content (AvgIpc) is 2.79. The SMILES string of the molecule is C=C(C#N)/C=C(/F)C(=CC)c1ncc(CNC)s1. The van der Waals surface area contributed by atoms with E-state index in [-0.39, 0.29) is 5.57 Å². The first-order valence-corrected chi connectivity index (χ1v) is 6.16. The highest BCUT2D eigenvalue weighted by Crippen LogP contribution is 2.28. The number of halogens is 1. The van der Waals surface area contributed by atoms with Crippen LogP contribution in [-0.2, 0) is 6.54 Å². The minimum absolute atomic E-state index is 0.0823. The number of hydrogen-bond acceptors (Lipinski definition) is 4. The number of thiazole rings is 1. The number of rotatable bonds is 5. The Morgan fingerprint density at radius 1 is 1.72 bits per heavy atom. The molecule has 0 saturated carbocycles. The van der Waals surface area contributed by atoms with E-state index < -0.39 is 5.83 Å². The first-order chi connectivity index (χ1) is 8.62. The van der Waals surface area contributed by atoms with Crippen LogP contribution in [0.4, 0.5) is 4.39 Å². The molecule has 0 radical (unpaired) electrons. The Morgan fingerprint density at radius 2 is 2.44 bits per heavy atom. The second-order valence-corrected chi connectivity index (χ2v) is 4.61. The summed E-state index contributed by atoms with van der Waals surface area (Å²) < 4.78 is 13.9. The molecule has 0 unspecified atom stereocenters. The lowest BCUT2D eigenvalue weighted by Crippen LogP contribution is -2.02. The van der Waals surface area contributed by atoms with Crippen LogP contribution in [0.15, 0.2) is 36.3 Å². The van der Waals surface area contributed by atoms with E-state index in [1.54, 1.807) is 25.3 Å². The molecule has 1 aromatic rings. The van der Waals surface area contributed by atoms with Gasteiger partial charge in [-0.1, -0.05) is 12.7 Å². The molecule has 0 aliphatic carbocycles. The van der Waals surface area contributed by atoms with Gasteiger partial charge in [-0.05, 0) is 20.0 Å². The highest BCUT2D eigenvalue weighted by molar-refractivity contribution is 7.12. The molecule has 0 aliphatic rings. The van der Waals surface area contributed by atoms with Crippen molar-refractivity contribution in [1.82, 2.24) is 10.3 Å². The summed E-state index contributed by atoms with van der Waals surface area (Å²) in [6.07, 6.45) is 4.47. The summed E-state index contributed by atoms with van der Waals surface area (Å²) in [4.78, 5) is 5.20. The Morgan fingerprint density at radius 3 is 3.00 bits per heavy atom. The number of nitrogens with zero attached hydrogens (tertiary/aromatic N) is 2. The Labute approximate surface area is 110 Å². The molecule has 3 nitrogen and oxygen atoms in total. The standard InChI is InChI=1S/C13H14FN3S/c1-4-11(12(14)5-9(2)6-15)13-17-8-10(18-13)7-16-3/h4-5,8,16H,2,7H2,1,3H3/b11-4?,12-5+. The van der Waals surface area contributed by atoms with Gasteiger partial charge in [-0.3, -0.25) is 0 Å². The predicted molar refractivity (Wildman–Crippen MR) is 72.5 cm³/mol. The summed E-state index contributed by atoms with van der Waals surface area (Å²) in [5.74, 6) is -0.491. The topological polar surface area (TPSA) is 48.7 Å². The molecule has 1 aromatic heterocycles. The Hall–Kier alpha value is -1.77. The predicted octanol–water partition coefficient (Wildman–Crippen LogP) is 3.20. The van der Waals surface area contributed by atoms with E-state index in [9.17, 15) is 4.39 Å². The zero-order valence-electron chi connectivity index (χ0n) is 10.3. The van der Waals surface area contributed by atoms with E-state index in [0.29, 0.717) is 17.1 Å². The van der Waals surface area contributed by atoms with E-state index in [0.717, 1.165) is 11.0 Å². The number of aromatic nitrogens is 1. The maximum atomic E-state index is 13.9. The largest absolute Gasteiger partial charge is 0.315 e. The van der Waals surface area contributed by atoms with Crippen LogP contribution >= 0.6 is 11.3 Å². The second kappa shape index (κ2) is 6.84. The highest BCUT2D eigenvalue weighted by Gasteiger charge is 2.11. The zero-order valence-corrected chi connectivity index (χ0v) is 11.1. The van der Waals surface area contributed by atoms with Gasteiger partial charge in [0.05, 0.1) is 6.07 Å². The molecule has 0 saturated heterocycles. The van der Waals surface area contributed by atoms with Crippen molar-refractivity contribution in [1.29, 1.82) is 5.26 Å². The van der Waals surface area contributed by atoms with Crippen molar-refractivity contribution in [2.45, 2.75) is 13.5 Å². The fourth-order valence-electron chi connectivity index (χ4n) is 1.31. The van der Waals surface area contributed by atoms with E-state index in [1.165, 1.54) is 11.3 Å². The molecule has 1 rings (SSSR count). The van der Waals surface area contributed by atoms with Crippen molar-refractivity contribution in [3.63, 3.8) is 0 Å². The summed E-state index contributed by atoms with van der Waals surface area (Å²) >= 11 is 1.42. The number of nitriles is 1. The second-order valence-electron chi connectivity index (χ2n) is 3.49. The van der Waals surface area contributed by atoms with Crippen LogP contribution in [0.5, 0.6) is 0 Å². The molecule has 0 aliphatic heterocycles. The maximum absolute atomic E-state index is 13.9. The van der Waals surface area contributed by atoms with Crippen LogP contribution in [0.1, 0.15) is 16.8 Å².